The molecule has 0 unspecified atom stereocenters. The summed E-state index contributed by atoms with van der Waals surface area (Å²) in [6, 6.07) is 6.00. The van der Waals surface area contributed by atoms with E-state index in [0.29, 0.717) is 23.1 Å². The third-order valence-corrected chi connectivity index (χ3v) is 5.44. The largest absolute Gasteiger partial charge is 0.481 e. The zero-order valence-electron chi connectivity index (χ0n) is 13.4. The molecule has 0 bridgehead atoms. The van der Waals surface area contributed by atoms with E-state index in [4.69, 9.17) is 0 Å². The molecule has 0 aliphatic carbocycles. The van der Waals surface area contributed by atoms with E-state index in [1.54, 1.807) is 26.0 Å². The number of carboxylic acids is 1. The third-order valence-electron chi connectivity index (χ3n) is 4.33. The van der Waals surface area contributed by atoms with Gasteiger partial charge in [0.05, 0.1) is 15.2 Å². The van der Waals surface area contributed by atoms with E-state index in [1.165, 1.54) is 23.5 Å². The van der Waals surface area contributed by atoms with Crippen molar-refractivity contribution in [2.75, 3.05) is 6.54 Å². The lowest BCUT2D eigenvalue weighted by molar-refractivity contribution is -0.384. The normalized spacial score (nSPS) is 11.4. The second-order valence-corrected chi connectivity index (χ2v) is 6.65. The molecule has 128 valence electrons. The number of amides is 1. The average Bonchev–Trinajstić information content (AvgIpc) is 2.98. The zero-order chi connectivity index (χ0) is 17.9. The van der Waals surface area contributed by atoms with Crippen molar-refractivity contribution in [3.63, 3.8) is 0 Å². The Balaban J connectivity index is 2.19. The summed E-state index contributed by atoms with van der Waals surface area (Å²) in [7, 11) is 0. The summed E-state index contributed by atoms with van der Waals surface area (Å²) in [5, 5.41) is 23.5. The van der Waals surface area contributed by atoms with Crippen molar-refractivity contribution in [3.8, 4) is 0 Å². The molecule has 1 aromatic carbocycles. The number of hydrogen-bond donors (Lipinski definition) is 2. The molecule has 1 aromatic heterocycles. The number of nitrogens with one attached hydrogen (secondary N) is 1. The summed E-state index contributed by atoms with van der Waals surface area (Å²) >= 11 is 1.22. The van der Waals surface area contributed by atoms with E-state index in [-0.39, 0.29) is 18.1 Å². The van der Waals surface area contributed by atoms with E-state index in [1.807, 2.05) is 0 Å². The number of hydrogen-bond acceptors (Lipinski definition) is 5. The Hall–Kier alpha value is -2.48. The average molecular weight is 350 g/mol. The van der Waals surface area contributed by atoms with Gasteiger partial charge in [-0.3, -0.25) is 19.7 Å². The maximum Gasteiger partial charge on any atom is 0.311 e. The van der Waals surface area contributed by atoms with E-state index < -0.39 is 16.3 Å². The molecule has 2 N–H and O–H groups in total. The van der Waals surface area contributed by atoms with Crippen LogP contribution in [-0.4, -0.2) is 28.5 Å². The lowest BCUT2D eigenvalue weighted by atomic mass is 9.82. The number of nitro benzene ring substituents is 1. The van der Waals surface area contributed by atoms with Gasteiger partial charge < -0.3 is 10.4 Å². The predicted molar refractivity (Wildman–Crippen MR) is 91.5 cm³/mol. The van der Waals surface area contributed by atoms with Crippen molar-refractivity contribution < 1.29 is 19.6 Å². The summed E-state index contributed by atoms with van der Waals surface area (Å²) in [5.74, 6) is -1.30. The van der Waals surface area contributed by atoms with Crippen molar-refractivity contribution in [3.05, 3.63) is 39.3 Å². The first-order chi connectivity index (χ1) is 11.3. The van der Waals surface area contributed by atoms with Crippen LogP contribution in [0.25, 0.3) is 10.1 Å². The number of nitro groups is 1. The first kappa shape index (κ1) is 17.9. The topological polar surface area (TPSA) is 110 Å². The molecule has 0 saturated heterocycles. The smallest absolute Gasteiger partial charge is 0.311 e. The summed E-state index contributed by atoms with van der Waals surface area (Å²) < 4.78 is 0.765. The number of aliphatic carboxylic acids is 1. The van der Waals surface area contributed by atoms with Crippen molar-refractivity contribution in [1.29, 1.82) is 0 Å². The Morgan fingerprint density at radius 2 is 1.96 bits per heavy atom. The fourth-order valence-electron chi connectivity index (χ4n) is 2.47. The van der Waals surface area contributed by atoms with Gasteiger partial charge in [-0.2, -0.15) is 0 Å². The van der Waals surface area contributed by atoms with Crippen LogP contribution in [0, 0.1) is 15.5 Å². The first-order valence-electron chi connectivity index (χ1n) is 7.52. The molecule has 0 saturated carbocycles. The van der Waals surface area contributed by atoms with Gasteiger partial charge in [0.2, 0.25) is 0 Å². The number of fused-ring (bicyclic) bond motifs is 1. The highest BCUT2D eigenvalue weighted by molar-refractivity contribution is 7.20. The second kappa shape index (κ2) is 6.96. The van der Waals surface area contributed by atoms with Gasteiger partial charge in [-0.25, -0.2) is 0 Å². The van der Waals surface area contributed by atoms with Crippen LogP contribution in [0.15, 0.2) is 24.3 Å². The summed E-state index contributed by atoms with van der Waals surface area (Å²) in [5.41, 5.74) is -1.01. The molecule has 0 aliphatic rings. The molecule has 2 rings (SSSR count). The summed E-state index contributed by atoms with van der Waals surface area (Å²) in [4.78, 5) is 34.5. The van der Waals surface area contributed by atoms with Crippen molar-refractivity contribution in [2.24, 2.45) is 5.41 Å². The minimum absolute atomic E-state index is 0.0332. The van der Waals surface area contributed by atoms with Crippen LogP contribution < -0.4 is 5.32 Å². The van der Waals surface area contributed by atoms with Crippen LogP contribution in [0.2, 0.25) is 0 Å². The lowest BCUT2D eigenvalue weighted by Gasteiger charge is -2.26. The number of carbonyl (C=O) groups excluding carboxylic acids is 1. The Kier molecular flexibility index (Phi) is 5.18. The van der Waals surface area contributed by atoms with Crippen LogP contribution in [-0.2, 0) is 4.79 Å². The lowest BCUT2D eigenvalue weighted by Crippen LogP contribution is -2.42. The quantitative estimate of drug-likeness (QED) is 0.587. The fraction of sp³-hybridized carbons (Fsp3) is 0.375. The van der Waals surface area contributed by atoms with Crippen LogP contribution in [0.1, 0.15) is 36.4 Å². The summed E-state index contributed by atoms with van der Waals surface area (Å²) in [6.45, 7) is 3.60. The number of nitrogens with zero attached hydrogens (tertiary/aromatic N) is 1. The molecule has 8 heteroatoms. The molecule has 2 aromatic rings. The Bertz CT molecular complexity index is 795. The van der Waals surface area contributed by atoms with E-state index in [0.717, 1.165) is 4.70 Å². The maximum atomic E-state index is 12.3. The zero-order valence-corrected chi connectivity index (χ0v) is 14.2. The highest BCUT2D eigenvalue weighted by Gasteiger charge is 2.35. The van der Waals surface area contributed by atoms with Gasteiger partial charge in [0, 0.05) is 28.8 Å². The molecule has 1 amide bonds. The second-order valence-electron chi connectivity index (χ2n) is 5.57. The van der Waals surface area contributed by atoms with Crippen molar-refractivity contribution in [2.45, 2.75) is 26.7 Å². The van der Waals surface area contributed by atoms with E-state index >= 15 is 0 Å². The Morgan fingerprint density at radius 3 is 2.50 bits per heavy atom. The molecule has 0 fully saturated rings. The monoisotopic (exact) mass is 350 g/mol. The number of carboxylic acid groups (broad SMARTS) is 1. The number of thiophene rings is 1. The minimum atomic E-state index is -0.981. The Labute approximate surface area is 142 Å². The van der Waals surface area contributed by atoms with Gasteiger partial charge in [0.1, 0.15) is 0 Å². The SMILES string of the molecule is CCC(CC)(CNC(=O)c1cc2cc([N+](=O)[O-])ccc2s1)C(=O)O. The molecule has 0 radical (unpaired) electrons. The third kappa shape index (κ3) is 3.38. The molecule has 7 nitrogen and oxygen atoms in total. The van der Waals surface area contributed by atoms with E-state index in [2.05, 4.69) is 5.32 Å². The van der Waals surface area contributed by atoms with Gasteiger partial charge in [-0.15, -0.1) is 11.3 Å². The fourth-order valence-corrected chi connectivity index (χ4v) is 3.43. The number of rotatable bonds is 7. The molecule has 1 heterocycles. The number of carbonyl (C=O) groups is 2. The molecule has 0 aliphatic heterocycles. The maximum absolute atomic E-state index is 12.3. The van der Waals surface area contributed by atoms with Crippen LogP contribution >= 0.6 is 11.3 Å². The minimum Gasteiger partial charge on any atom is -0.481 e. The van der Waals surface area contributed by atoms with Crippen LogP contribution in [0.5, 0.6) is 0 Å². The predicted octanol–water partition coefficient (Wildman–Crippen LogP) is 3.43. The highest BCUT2D eigenvalue weighted by Crippen LogP contribution is 2.30. The van der Waals surface area contributed by atoms with E-state index in [9.17, 15) is 24.8 Å². The first-order valence-corrected chi connectivity index (χ1v) is 8.34. The van der Waals surface area contributed by atoms with Crippen molar-refractivity contribution in [1.82, 2.24) is 5.32 Å². The number of non-ortho nitro benzene ring substituents is 1. The van der Waals surface area contributed by atoms with Gasteiger partial charge >= 0.3 is 5.97 Å². The van der Waals surface area contributed by atoms with Gasteiger partial charge in [-0.1, -0.05) is 13.8 Å². The Morgan fingerprint density at radius 1 is 1.29 bits per heavy atom. The van der Waals surface area contributed by atoms with Gasteiger partial charge in [-0.05, 0) is 25.0 Å². The molecular weight excluding hydrogens is 332 g/mol. The van der Waals surface area contributed by atoms with Gasteiger partial charge in [0.25, 0.3) is 11.6 Å². The summed E-state index contributed by atoms with van der Waals surface area (Å²) in [6.07, 6.45) is 0.829. The van der Waals surface area contributed by atoms with Crippen LogP contribution in [0.3, 0.4) is 0 Å². The highest BCUT2D eigenvalue weighted by atomic mass is 32.1. The standard InChI is InChI=1S/C16H18N2O5S/c1-3-16(4-2,15(20)21)9-17-14(19)13-8-10-7-11(18(22)23)5-6-12(10)24-13/h5-8H,3-4,9H2,1-2H3,(H,17,19)(H,20,21). The molecule has 0 atom stereocenters. The number of benzene rings is 1. The molecular formula is C16H18N2O5S. The van der Waals surface area contributed by atoms with Crippen molar-refractivity contribution >= 4 is 39.0 Å². The molecule has 0 spiro atoms. The van der Waals surface area contributed by atoms with Crippen LogP contribution in [0.4, 0.5) is 5.69 Å². The van der Waals surface area contributed by atoms with Gasteiger partial charge in [0.15, 0.2) is 0 Å². The molecule has 24 heavy (non-hydrogen) atoms.